The van der Waals surface area contributed by atoms with Gasteiger partial charge in [0.15, 0.2) is 11.0 Å². The van der Waals surface area contributed by atoms with Crippen molar-refractivity contribution in [2.45, 2.75) is 24.1 Å². The van der Waals surface area contributed by atoms with Crippen LogP contribution < -0.4 is 20.1 Å². The topological polar surface area (TPSA) is 107 Å². The number of ether oxygens (including phenoxy) is 2. The highest BCUT2D eigenvalue weighted by atomic mass is 32.2. The number of amides is 2. The summed E-state index contributed by atoms with van der Waals surface area (Å²) in [6, 6.07) is 13.1. The molecule has 2 N–H and O–H groups in total. The lowest BCUT2D eigenvalue weighted by molar-refractivity contribution is -0.138. The lowest BCUT2D eigenvalue weighted by Gasteiger charge is -2.15. The van der Waals surface area contributed by atoms with Crippen molar-refractivity contribution in [3.63, 3.8) is 0 Å². The summed E-state index contributed by atoms with van der Waals surface area (Å²) in [5.41, 5.74) is -2.33. The highest BCUT2D eigenvalue weighted by Gasteiger charge is 2.34. The zero-order chi connectivity index (χ0) is 32.1. The van der Waals surface area contributed by atoms with Crippen molar-refractivity contribution in [2.24, 2.45) is 0 Å². The maximum Gasteiger partial charge on any atom is 0.418 e. The maximum atomic E-state index is 13.5. The summed E-state index contributed by atoms with van der Waals surface area (Å²) in [7, 11) is 2.81. The number of hydrogen-bond acceptors (Lipinski definition) is 7. The zero-order valence-electron chi connectivity index (χ0n) is 22.9. The monoisotopic (exact) mass is 639 g/mol. The molecule has 3 aromatic carbocycles. The number of carbonyl (C=O) groups is 2. The summed E-state index contributed by atoms with van der Waals surface area (Å²) >= 11 is 0.726. The molecule has 16 heteroatoms. The Hall–Kier alpha value is -4.73. The van der Waals surface area contributed by atoms with Gasteiger partial charge in [-0.25, -0.2) is 0 Å². The Kier molecular flexibility index (Phi) is 9.71. The van der Waals surface area contributed by atoms with E-state index in [1.807, 2.05) is 0 Å². The largest absolute Gasteiger partial charge is 0.497 e. The predicted molar refractivity (Wildman–Crippen MR) is 148 cm³/mol. The average molecular weight is 640 g/mol. The van der Waals surface area contributed by atoms with Crippen LogP contribution in [0.2, 0.25) is 0 Å². The molecule has 0 spiro atoms. The van der Waals surface area contributed by atoms with E-state index in [0.717, 1.165) is 42.1 Å². The van der Waals surface area contributed by atoms with Crippen molar-refractivity contribution < 1.29 is 45.4 Å². The van der Waals surface area contributed by atoms with Gasteiger partial charge in [0, 0.05) is 11.6 Å². The third-order valence-corrected chi connectivity index (χ3v) is 6.92. The summed E-state index contributed by atoms with van der Waals surface area (Å²) in [6.45, 7) is -0.298. The number of hydrogen-bond donors (Lipinski definition) is 2. The normalized spacial score (nSPS) is 11.6. The smallest absolute Gasteiger partial charge is 0.418 e. The van der Waals surface area contributed by atoms with E-state index in [-0.39, 0.29) is 28.8 Å². The van der Waals surface area contributed by atoms with Crippen molar-refractivity contribution in [3.8, 4) is 17.2 Å². The van der Waals surface area contributed by atoms with Gasteiger partial charge in [0.05, 0.1) is 49.0 Å². The first kappa shape index (κ1) is 32.2. The molecule has 4 rings (SSSR count). The Bertz CT molecular complexity index is 1640. The standard InChI is InChI=1S/C28H23F6N5O4S/c1-42-19-10-16(11-20(13-19)43-2)25(41)35-14-23-37-38-26(39(23)18-7-5-6-17(12-18)27(29,30)31)44-15-24(40)36-22-9-4-3-8-21(22)28(32,33)34/h3-13H,14-15H2,1-2H3,(H,35,41)(H,36,40). The highest BCUT2D eigenvalue weighted by molar-refractivity contribution is 7.99. The van der Waals surface area contributed by atoms with E-state index < -0.39 is 46.7 Å². The first-order valence-corrected chi connectivity index (χ1v) is 13.5. The molecule has 0 bridgehead atoms. The zero-order valence-corrected chi connectivity index (χ0v) is 23.7. The molecule has 2 amide bonds. The number of aromatic nitrogens is 3. The van der Waals surface area contributed by atoms with Gasteiger partial charge in [0.2, 0.25) is 5.91 Å². The lowest BCUT2D eigenvalue weighted by atomic mass is 10.1. The van der Waals surface area contributed by atoms with Crippen LogP contribution in [0.5, 0.6) is 11.5 Å². The first-order valence-electron chi connectivity index (χ1n) is 12.5. The molecule has 0 unspecified atom stereocenters. The quantitative estimate of drug-likeness (QED) is 0.162. The number of alkyl halides is 6. The van der Waals surface area contributed by atoms with E-state index >= 15 is 0 Å². The highest BCUT2D eigenvalue weighted by Crippen LogP contribution is 2.35. The first-order chi connectivity index (χ1) is 20.8. The van der Waals surface area contributed by atoms with Gasteiger partial charge < -0.3 is 20.1 Å². The molecule has 0 aliphatic heterocycles. The number of rotatable bonds is 10. The molecule has 0 aliphatic carbocycles. The van der Waals surface area contributed by atoms with Crippen molar-refractivity contribution in [2.75, 3.05) is 25.3 Å². The van der Waals surface area contributed by atoms with Gasteiger partial charge in [-0.1, -0.05) is 30.0 Å². The number of carbonyl (C=O) groups excluding carboxylic acids is 2. The van der Waals surface area contributed by atoms with E-state index in [0.29, 0.717) is 11.5 Å². The van der Waals surface area contributed by atoms with Crippen LogP contribution >= 0.6 is 11.8 Å². The molecular formula is C28H23F6N5O4S. The Balaban J connectivity index is 1.59. The molecule has 4 aromatic rings. The summed E-state index contributed by atoms with van der Waals surface area (Å²) < 4.78 is 92.0. The van der Waals surface area contributed by atoms with Crippen molar-refractivity contribution in [1.82, 2.24) is 20.1 Å². The third kappa shape index (κ3) is 7.80. The van der Waals surface area contributed by atoms with Crippen LogP contribution in [0.4, 0.5) is 32.0 Å². The molecule has 0 radical (unpaired) electrons. The van der Waals surface area contributed by atoms with Gasteiger partial charge in [-0.05, 0) is 42.5 Å². The molecule has 0 saturated carbocycles. The minimum atomic E-state index is -4.71. The second-order valence-corrected chi connectivity index (χ2v) is 9.89. The second-order valence-electron chi connectivity index (χ2n) is 8.95. The summed E-state index contributed by atoms with van der Waals surface area (Å²) in [4.78, 5) is 25.5. The number of nitrogens with zero attached hydrogens (tertiary/aromatic N) is 3. The minimum Gasteiger partial charge on any atom is -0.497 e. The molecule has 0 fully saturated rings. The molecule has 0 saturated heterocycles. The molecule has 0 aliphatic rings. The Morgan fingerprint density at radius 2 is 1.55 bits per heavy atom. The van der Waals surface area contributed by atoms with Gasteiger partial charge >= 0.3 is 12.4 Å². The van der Waals surface area contributed by atoms with E-state index in [2.05, 4.69) is 20.8 Å². The van der Waals surface area contributed by atoms with Gasteiger partial charge in [-0.3, -0.25) is 14.2 Å². The predicted octanol–water partition coefficient (Wildman–Crippen LogP) is 5.98. The fourth-order valence-electron chi connectivity index (χ4n) is 3.94. The van der Waals surface area contributed by atoms with Crippen LogP contribution in [0.15, 0.2) is 71.9 Å². The van der Waals surface area contributed by atoms with E-state index in [1.54, 1.807) is 6.07 Å². The second kappa shape index (κ2) is 13.3. The van der Waals surface area contributed by atoms with Crippen LogP contribution in [-0.2, 0) is 23.7 Å². The minimum absolute atomic E-state index is 0.0119. The van der Waals surface area contributed by atoms with Crippen molar-refractivity contribution in [3.05, 3.63) is 89.2 Å². The Morgan fingerprint density at radius 1 is 0.864 bits per heavy atom. The van der Waals surface area contributed by atoms with Gasteiger partial charge in [-0.2, -0.15) is 26.3 Å². The van der Waals surface area contributed by atoms with E-state index in [1.165, 1.54) is 49.1 Å². The number of benzene rings is 3. The van der Waals surface area contributed by atoms with Crippen LogP contribution in [0.1, 0.15) is 27.3 Å². The van der Waals surface area contributed by atoms with E-state index in [9.17, 15) is 35.9 Å². The fraction of sp³-hybridized carbons (Fsp3) is 0.214. The summed E-state index contributed by atoms with van der Waals surface area (Å²) in [6.07, 6.45) is -9.39. The lowest BCUT2D eigenvalue weighted by Crippen LogP contribution is -2.25. The molecule has 1 heterocycles. The summed E-state index contributed by atoms with van der Waals surface area (Å²) in [5, 5.41) is 12.7. The molecule has 1 aromatic heterocycles. The maximum absolute atomic E-state index is 13.5. The SMILES string of the molecule is COc1cc(OC)cc(C(=O)NCc2nnc(SCC(=O)Nc3ccccc3C(F)(F)F)n2-c2cccc(C(F)(F)F)c2)c1. The molecule has 9 nitrogen and oxygen atoms in total. The van der Waals surface area contributed by atoms with Crippen LogP contribution in [0.25, 0.3) is 5.69 Å². The third-order valence-electron chi connectivity index (χ3n) is 5.99. The number of thioether (sulfide) groups is 1. The molecule has 0 atom stereocenters. The van der Waals surface area contributed by atoms with Crippen LogP contribution in [0, 0.1) is 0 Å². The van der Waals surface area contributed by atoms with Crippen LogP contribution in [0.3, 0.4) is 0 Å². The van der Waals surface area contributed by atoms with Crippen molar-refractivity contribution >= 4 is 29.3 Å². The van der Waals surface area contributed by atoms with Gasteiger partial charge in [-0.15, -0.1) is 10.2 Å². The Labute approximate surface area is 250 Å². The van der Waals surface area contributed by atoms with Gasteiger partial charge in [0.25, 0.3) is 5.91 Å². The Morgan fingerprint density at radius 3 is 2.18 bits per heavy atom. The fourth-order valence-corrected chi connectivity index (χ4v) is 4.72. The molecular weight excluding hydrogens is 616 g/mol. The van der Waals surface area contributed by atoms with Crippen molar-refractivity contribution in [1.29, 1.82) is 0 Å². The van der Waals surface area contributed by atoms with E-state index in [4.69, 9.17) is 9.47 Å². The van der Waals surface area contributed by atoms with Gasteiger partial charge in [0.1, 0.15) is 11.5 Å². The summed E-state index contributed by atoms with van der Waals surface area (Å²) in [5.74, 6) is -1.17. The average Bonchev–Trinajstić information content (AvgIpc) is 3.40. The number of para-hydroxylation sites is 1. The number of methoxy groups -OCH3 is 2. The number of anilines is 1. The molecule has 44 heavy (non-hydrogen) atoms. The van der Waals surface area contributed by atoms with Crippen LogP contribution in [-0.4, -0.2) is 46.6 Å². The number of nitrogens with one attached hydrogen (secondary N) is 2. The molecule has 232 valence electrons. The number of halogens is 6.